The van der Waals surface area contributed by atoms with Crippen molar-refractivity contribution >= 4 is 17.5 Å². The molecule has 0 spiro atoms. The topological polar surface area (TPSA) is 79.7 Å². The van der Waals surface area contributed by atoms with Gasteiger partial charge in [0.2, 0.25) is 5.82 Å². The van der Waals surface area contributed by atoms with Crippen molar-refractivity contribution < 1.29 is 33.8 Å². The maximum atomic E-state index is 10.4. The van der Waals surface area contributed by atoms with Gasteiger partial charge in [0.25, 0.3) is 5.88 Å². The molecule has 0 bridgehead atoms. The third-order valence-corrected chi connectivity index (χ3v) is 2.74. The number of morpholine rings is 1. The summed E-state index contributed by atoms with van der Waals surface area (Å²) < 4.78 is 126. The van der Waals surface area contributed by atoms with E-state index >= 15 is 0 Å². The Morgan fingerprint density at radius 3 is 3.05 bits per heavy atom. The monoisotopic (exact) mass is 330 g/mol. The van der Waals surface area contributed by atoms with E-state index in [0.29, 0.717) is 16.6 Å². The van der Waals surface area contributed by atoms with Crippen molar-refractivity contribution in [3.05, 3.63) is 0 Å². The summed E-state index contributed by atoms with van der Waals surface area (Å²) in [7, 11) is 0. The normalized spacial score (nSPS) is 35.8. The molecule has 0 aromatic carbocycles. The molecule has 1 aromatic heterocycles. The summed E-state index contributed by atoms with van der Waals surface area (Å²) in [6.07, 6.45) is -2.79. The highest BCUT2D eigenvalue weighted by atomic mass is 32.1. The Hall–Kier alpha value is -0.960. The van der Waals surface area contributed by atoms with Gasteiger partial charge in [-0.15, -0.1) is 4.37 Å². The van der Waals surface area contributed by atoms with Crippen LogP contribution in [-0.2, 0) is 4.74 Å². The molecule has 2 heterocycles. The fourth-order valence-electron chi connectivity index (χ4n) is 1.32. The third kappa shape index (κ3) is 5.39. The summed E-state index contributed by atoms with van der Waals surface area (Å²) in [5.41, 5.74) is -3.48. The van der Waals surface area contributed by atoms with Crippen LogP contribution in [-0.4, -0.2) is 64.8 Å². The largest absolute Gasteiger partial charge is 0.472 e. The first kappa shape index (κ1) is 5.92. The van der Waals surface area contributed by atoms with Crippen LogP contribution in [0.4, 0.5) is 5.82 Å². The number of β-amino-alcohol motifs (C(OH)–C–C–N with tert-alkyl or cyclic N) is 1. The lowest BCUT2D eigenvalue weighted by Gasteiger charge is -2.27. The molecule has 1 aromatic rings. The van der Waals surface area contributed by atoms with Crippen molar-refractivity contribution in [3.63, 3.8) is 0 Å². The molecule has 1 fully saturated rings. The van der Waals surface area contributed by atoms with Gasteiger partial charge < -0.3 is 24.8 Å². The van der Waals surface area contributed by atoms with Gasteiger partial charge in [-0.1, -0.05) is 0 Å². The molecule has 1 saturated heterocycles. The Bertz CT molecular complexity index is 832. The van der Waals surface area contributed by atoms with Gasteiger partial charge in [0.05, 0.1) is 31.8 Å². The summed E-state index contributed by atoms with van der Waals surface area (Å²) in [6, 6.07) is 0. The van der Waals surface area contributed by atoms with E-state index in [2.05, 4.69) is 8.75 Å². The number of hydrogen-bond donors (Lipinski definition) is 2. The van der Waals surface area contributed by atoms with Crippen LogP contribution in [0.3, 0.4) is 0 Å². The van der Waals surface area contributed by atoms with Gasteiger partial charge in [-0.3, -0.25) is 0 Å². The molecule has 1 aliphatic heterocycles. The summed E-state index contributed by atoms with van der Waals surface area (Å²) in [6.45, 7) is -18.7. The van der Waals surface area contributed by atoms with Gasteiger partial charge in [0.1, 0.15) is 12.7 Å². The zero-order valence-electron chi connectivity index (χ0n) is 24.8. The average Bonchev–Trinajstić information content (AvgIpc) is 3.02. The molecule has 7 nitrogen and oxygen atoms in total. The van der Waals surface area contributed by atoms with Crippen LogP contribution in [0.5, 0.6) is 5.88 Å². The van der Waals surface area contributed by atoms with Crippen molar-refractivity contribution in [1.29, 1.82) is 0 Å². The fourth-order valence-corrected chi connectivity index (χ4v) is 1.80. The Morgan fingerprint density at radius 2 is 2.33 bits per heavy atom. The number of aromatic nitrogens is 2. The number of hydrogen-bond acceptors (Lipinski definition) is 8. The number of ether oxygens (including phenoxy) is 2. The minimum Gasteiger partial charge on any atom is -0.472 e. The molecule has 21 heavy (non-hydrogen) atoms. The first-order chi connectivity index (χ1) is 15.5. The van der Waals surface area contributed by atoms with Crippen LogP contribution in [0.2, 0.25) is 0 Å². The summed E-state index contributed by atoms with van der Waals surface area (Å²) >= 11 is 0.517. The Balaban J connectivity index is 2.26. The summed E-state index contributed by atoms with van der Waals surface area (Å²) in [4.78, 5) is 0.631. The van der Waals surface area contributed by atoms with E-state index in [1.807, 2.05) is 5.32 Å². The first-order valence-corrected chi connectivity index (χ1v) is 6.53. The molecule has 0 unspecified atom stereocenters. The average molecular weight is 331 g/mol. The fraction of sp³-hybridized carbons (Fsp3) is 0.846. The van der Waals surface area contributed by atoms with E-state index in [9.17, 15) is 5.11 Å². The predicted octanol–water partition coefficient (Wildman–Crippen LogP) is 0.503. The Kier molecular flexibility index (Phi) is 2.07. The Labute approximate surface area is 149 Å². The zero-order chi connectivity index (χ0) is 27.3. The molecule has 0 radical (unpaired) electrons. The van der Waals surface area contributed by atoms with E-state index in [0.717, 1.165) is 0 Å². The smallest absolute Gasteiger partial charge is 0.270 e. The van der Waals surface area contributed by atoms with Gasteiger partial charge in [0.15, 0.2) is 0 Å². The highest BCUT2D eigenvalue weighted by molar-refractivity contribution is 6.99. The first-order valence-electron chi connectivity index (χ1n) is 12.8. The van der Waals surface area contributed by atoms with E-state index in [4.69, 9.17) is 28.7 Å². The standard InChI is InChI=1S/C13H24N4O3S/c1-13(2,3)14-8-10(18)9-20-12-11(15-21-16-12)17-4-6-19-7-5-17/h10,14,18H,4-9H2,1-3H3/t10-/m1/s1/i1D3,2D3,3D3,4D2,5D2,10D. The van der Waals surface area contributed by atoms with Crippen LogP contribution >= 0.6 is 11.7 Å². The Morgan fingerprint density at radius 1 is 1.57 bits per heavy atom. The number of aliphatic hydroxyl groups is 1. The lowest BCUT2D eigenvalue weighted by molar-refractivity contribution is 0.0975. The van der Waals surface area contributed by atoms with Gasteiger partial charge in [-0.05, 0) is 20.6 Å². The maximum Gasteiger partial charge on any atom is 0.270 e. The van der Waals surface area contributed by atoms with Crippen molar-refractivity contribution in [2.24, 2.45) is 0 Å². The van der Waals surface area contributed by atoms with Crippen molar-refractivity contribution in [1.82, 2.24) is 14.1 Å². The second-order valence-electron chi connectivity index (χ2n) is 4.00. The highest BCUT2D eigenvalue weighted by Crippen LogP contribution is 2.26. The van der Waals surface area contributed by atoms with Gasteiger partial charge in [-0.2, -0.15) is 4.37 Å². The summed E-state index contributed by atoms with van der Waals surface area (Å²) in [5, 5.41) is 12.2. The van der Waals surface area contributed by atoms with Crippen molar-refractivity contribution in [2.45, 2.75) is 32.2 Å². The van der Waals surface area contributed by atoms with Crippen molar-refractivity contribution in [2.75, 3.05) is 44.3 Å². The molecule has 120 valence electrons. The van der Waals surface area contributed by atoms with Crippen molar-refractivity contribution in [3.8, 4) is 5.88 Å². The van der Waals surface area contributed by atoms with E-state index in [1.54, 1.807) is 0 Å². The number of rotatable bonds is 6. The van der Waals surface area contributed by atoms with E-state index < -0.39 is 77.4 Å². The molecule has 0 aliphatic carbocycles. The van der Waals surface area contributed by atoms with Crippen LogP contribution < -0.4 is 15.0 Å². The zero-order valence-corrected chi connectivity index (χ0v) is 11.7. The highest BCUT2D eigenvalue weighted by Gasteiger charge is 2.21. The van der Waals surface area contributed by atoms with Gasteiger partial charge >= 0.3 is 0 Å². The predicted molar refractivity (Wildman–Crippen MR) is 82.2 cm³/mol. The molecule has 1 atom stereocenters. The maximum absolute atomic E-state index is 10.4. The SMILES string of the molecule is [2H]C1([2H])COCC([2H])([2H])N1c1nsnc1OC[C@]([2H])(O)CNC(C([2H])([2H])[2H])(C([2H])([2H])[2H])C([2H])([2H])[2H]. The van der Waals surface area contributed by atoms with E-state index in [1.165, 1.54) is 0 Å². The minimum atomic E-state index is -3.60. The number of nitrogens with one attached hydrogen (secondary N) is 1. The molecule has 8 heteroatoms. The summed E-state index contributed by atoms with van der Waals surface area (Å²) in [5.74, 6) is -0.858. The quantitative estimate of drug-likeness (QED) is 0.786. The lowest BCUT2D eigenvalue weighted by atomic mass is 10.1. The molecule has 1 aliphatic rings. The van der Waals surface area contributed by atoms with E-state index in [-0.39, 0.29) is 5.82 Å². The third-order valence-electron chi connectivity index (χ3n) is 2.24. The second kappa shape index (κ2) is 7.35. The molecular formula is C13H24N4O3S. The lowest BCUT2D eigenvalue weighted by Crippen LogP contribution is -2.42. The molecule has 2 N–H and O–H groups in total. The van der Waals surface area contributed by atoms with Crippen LogP contribution in [0.15, 0.2) is 0 Å². The molecule has 2 rings (SSSR count). The molecule has 0 amide bonds. The van der Waals surface area contributed by atoms with Gasteiger partial charge in [0, 0.05) is 37.4 Å². The number of anilines is 1. The van der Waals surface area contributed by atoms with Gasteiger partial charge in [-0.25, -0.2) is 0 Å². The molecule has 0 saturated carbocycles. The van der Waals surface area contributed by atoms with Crippen LogP contribution in [0, 0.1) is 0 Å². The second-order valence-corrected chi connectivity index (χ2v) is 4.52. The number of nitrogens with zero attached hydrogens (tertiary/aromatic N) is 3. The molecular weight excluding hydrogens is 292 g/mol. The minimum absolute atomic E-state index is 0.390. The van der Waals surface area contributed by atoms with Crippen LogP contribution in [0.25, 0.3) is 0 Å². The van der Waals surface area contributed by atoms with Crippen LogP contribution in [0.1, 0.15) is 39.7 Å².